The van der Waals surface area contributed by atoms with Gasteiger partial charge in [-0.15, -0.1) is 10.2 Å². The number of aryl methyl sites for hydroxylation is 1. The van der Waals surface area contributed by atoms with Crippen molar-refractivity contribution in [2.45, 2.75) is 18.9 Å². The van der Waals surface area contributed by atoms with Gasteiger partial charge in [0.05, 0.1) is 18.7 Å². The predicted molar refractivity (Wildman–Crippen MR) is 103 cm³/mol. The molecule has 7 nitrogen and oxygen atoms in total. The summed E-state index contributed by atoms with van der Waals surface area (Å²) >= 11 is 0. The number of rotatable bonds is 3. The number of hydrogen-bond donors (Lipinski definition) is 0. The average Bonchev–Trinajstić information content (AvgIpc) is 3.37. The van der Waals surface area contributed by atoms with Crippen molar-refractivity contribution in [1.29, 1.82) is 0 Å². The smallest absolute Gasteiger partial charge is 0.257 e. The van der Waals surface area contributed by atoms with Crippen molar-refractivity contribution in [3.8, 4) is 17.1 Å². The molecule has 0 radical (unpaired) electrons. The maximum absolute atomic E-state index is 13.2. The van der Waals surface area contributed by atoms with E-state index >= 15 is 0 Å². The van der Waals surface area contributed by atoms with Gasteiger partial charge in [0, 0.05) is 37.5 Å². The van der Waals surface area contributed by atoms with E-state index in [9.17, 15) is 4.79 Å². The average molecular weight is 375 g/mol. The molecule has 1 fully saturated rings. The number of fused-ring (bicyclic) bond motifs is 3. The van der Waals surface area contributed by atoms with Crippen LogP contribution < -0.4 is 4.74 Å². The Kier molecular flexibility index (Phi) is 4.07. The number of carbonyl (C=O) groups is 1. The number of pyridine rings is 1. The summed E-state index contributed by atoms with van der Waals surface area (Å²) in [6, 6.07) is 11.5. The summed E-state index contributed by atoms with van der Waals surface area (Å²) in [7, 11) is 1.60. The van der Waals surface area contributed by atoms with Crippen molar-refractivity contribution in [3.05, 3.63) is 60.2 Å². The highest BCUT2D eigenvalue weighted by Crippen LogP contribution is 2.39. The van der Waals surface area contributed by atoms with Gasteiger partial charge < -0.3 is 14.2 Å². The second kappa shape index (κ2) is 6.74. The second-order valence-corrected chi connectivity index (χ2v) is 7.32. The number of hydrogen-bond acceptors (Lipinski definition) is 5. The minimum absolute atomic E-state index is 0.0203. The van der Waals surface area contributed by atoms with Crippen LogP contribution in [0.1, 0.15) is 28.6 Å². The van der Waals surface area contributed by atoms with Gasteiger partial charge in [-0.2, -0.15) is 0 Å². The topological polar surface area (TPSA) is 73.1 Å². The first-order valence-electron chi connectivity index (χ1n) is 9.52. The molecule has 0 unspecified atom stereocenters. The van der Waals surface area contributed by atoms with E-state index in [4.69, 9.17) is 4.74 Å². The molecule has 5 rings (SSSR count). The molecule has 1 aromatic carbocycles. The van der Waals surface area contributed by atoms with Crippen molar-refractivity contribution in [1.82, 2.24) is 24.6 Å². The van der Waals surface area contributed by atoms with Gasteiger partial charge in [-0.25, -0.2) is 0 Å². The fraction of sp³-hybridized carbons (Fsp3) is 0.333. The maximum Gasteiger partial charge on any atom is 0.257 e. The minimum Gasteiger partial charge on any atom is -0.496 e. The Hall–Kier alpha value is -3.22. The lowest BCUT2D eigenvalue weighted by molar-refractivity contribution is 0.0781. The Bertz CT molecular complexity index is 1020. The zero-order valence-electron chi connectivity index (χ0n) is 15.7. The van der Waals surface area contributed by atoms with Crippen LogP contribution in [-0.4, -0.2) is 50.8 Å². The number of aromatic nitrogens is 4. The minimum atomic E-state index is 0.0203. The van der Waals surface area contributed by atoms with Crippen molar-refractivity contribution in [3.63, 3.8) is 0 Å². The van der Waals surface area contributed by atoms with Crippen LogP contribution in [0.2, 0.25) is 0 Å². The van der Waals surface area contributed by atoms with Gasteiger partial charge in [0.1, 0.15) is 11.6 Å². The number of ether oxygens (including phenoxy) is 1. The molecule has 3 aromatic rings. The van der Waals surface area contributed by atoms with Gasteiger partial charge in [0.25, 0.3) is 5.91 Å². The van der Waals surface area contributed by atoms with E-state index in [2.05, 4.69) is 19.7 Å². The van der Waals surface area contributed by atoms with Crippen LogP contribution in [0, 0.1) is 5.92 Å². The van der Waals surface area contributed by atoms with Crippen LogP contribution in [0.5, 0.6) is 5.75 Å². The molecule has 0 bridgehead atoms. The zero-order valence-corrected chi connectivity index (χ0v) is 15.7. The van der Waals surface area contributed by atoms with Gasteiger partial charge in [-0.3, -0.25) is 9.78 Å². The van der Waals surface area contributed by atoms with Gasteiger partial charge >= 0.3 is 0 Å². The molecule has 4 heterocycles. The summed E-state index contributed by atoms with van der Waals surface area (Å²) in [4.78, 5) is 19.2. The Labute approximate surface area is 163 Å². The Morgan fingerprint density at radius 1 is 1.11 bits per heavy atom. The van der Waals surface area contributed by atoms with Gasteiger partial charge in [-0.05, 0) is 36.6 Å². The van der Waals surface area contributed by atoms with Crippen molar-refractivity contribution >= 4 is 5.91 Å². The molecule has 0 N–H and O–H groups in total. The van der Waals surface area contributed by atoms with Crippen molar-refractivity contribution < 1.29 is 9.53 Å². The molecule has 7 heteroatoms. The second-order valence-electron chi connectivity index (χ2n) is 7.32. The number of nitrogens with zero attached hydrogens (tertiary/aromatic N) is 5. The quantitative estimate of drug-likeness (QED) is 0.704. The molecule has 2 atom stereocenters. The van der Waals surface area contributed by atoms with E-state index in [1.807, 2.05) is 41.3 Å². The molecule has 2 aliphatic rings. The standard InChI is InChI=1S/C21H21N5O2/c1-28-18-5-3-2-4-16(18)21(27)25-12-15-6-7-19-23-24-20(26(19)17(15)13-25)14-8-10-22-11-9-14/h2-5,8-11,15,17H,6-7,12-13H2,1H3/t15-,17+/m1/s1. The van der Waals surface area contributed by atoms with E-state index in [0.29, 0.717) is 23.8 Å². The lowest BCUT2D eigenvalue weighted by Gasteiger charge is -2.27. The van der Waals surface area contributed by atoms with Gasteiger partial charge in [-0.1, -0.05) is 12.1 Å². The Balaban J connectivity index is 1.47. The van der Waals surface area contributed by atoms with Crippen LogP contribution in [-0.2, 0) is 6.42 Å². The predicted octanol–water partition coefficient (Wildman–Crippen LogP) is 2.61. The Morgan fingerprint density at radius 2 is 1.93 bits per heavy atom. The molecule has 1 amide bonds. The fourth-order valence-electron chi connectivity index (χ4n) is 4.44. The number of carbonyl (C=O) groups excluding carboxylic acids is 1. The third kappa shape index (κ3) is 2.66. The molecular weight excluding hydrogens is 354 g/mol. The monoisotopic (exact) mass is 375 g/mol. The van der Waals surface area contributed by atoms with E-state index in [0.717, 1.165) is 36.6 Å². The summed E-state index contributed by atoms with van der Waals surface area (Å²) in [5, 5.41) is 8.86. The first-order valence-corrected chi connectivity index (χ1v) is 9.52. The van der Waals surface area contributed by atoms with E-state index in [1.54, 1.807) is 19.5 Å². The van der Waals surface area contributed by atoms with Crippen LogP contribution in [0.25, 0.3) is 11.4 Å². The first kappa shape index (κ1) is 16.9. The lowest BCUT2D eigenvalue weighted by Crippen LogP contribution is -2.29. The maximum atomic E-state index is 13.2. The molecule has 1 saturated heterocycles. The normalized spacial score (nSPS) is 20.5. The molecule has 0 spiro atoms. The highest BCUT2D eigenvalue weighted by Gasteiger charge is 2.41. The number of likely N-dealkylation sites (tertiary alicyclic amines) is 1. The van der Waals surface area contributed by atoms with Crippen molar-refractivity contribution in [2.75, 3.05) is 20.2 Å². The highest BCUT2D eigenvalue weighted by atomic mass is 16.5. The molecule has 2 aromatic heterocycles. The summed E-state index contributed by atoms with van der Waals surface area (Å²) in [6.07, 6.45) is 5.44. The van der Waals surface area contributed by atoms with Gasteiger partial charge in [0.2, 0.25) is 0 Å². The number of amides is 1. The van der Waals surface area contributed by atoms with Crippen LogP contribution >= 0.6 is 0 Å². The van der Waals surface area contributed by atoms with Crippen LogP contribution in [0.3, 0.4) is 0 Å². The fourth-order valence-corrected chi connectivity index (χ4v) is 4.44. The lowest BCUT2D eigenvalue weighted by atomic mass is 9.93. The van der Waals surface area contributed by atoms with E-state index in [-0.39, 0.29) is 11.9 Å². The molecule has 142 valence electrons. The molecule has 2 aliphatic heterocycles. The SMILES string of the molecule is COc1ccccc1C(=O)N1C[C@H]2CCc3nnc(-c4ccncc4)n3[C@H]2C1. The molecular formula is C21H21N5O2. The molecule has 0 aliphatic carbocycles. The molecule has 28 heavy (non-hydrogen) atoms. The third-order valence-corrected chi connectivity index (χ3v) is 5.81. The number of methoxy groups -OCH3 is 1. The highest BCUT2D eigenvalue weighted by molar-refractivity contribution is 5.97. The Morgan fingerprint density at radius 3 is 2.75 bits per heavy atom. The summed E-state index contributed by atoms with van der Waals surface area (Å²) in [5.41, 5.74) is 1.62. The number of benzene rings is 1. The van der Waals surface area contributed by atoms with E-state index < -0.39 is 0 Å². The first-order chi connectivity index (χ1) is 13.8. The van der Waals surface area contributed by atoms with Crippen molar-refractivity contribution in [2.24, 2.45) is 5.92 Å². The third-order valence-electron chi connectivity index (χ3n) is 5.81. The number of para-hydroxylation sites is 1. The largest absolute Gasteiger partial charge is 0.496 e. The van der Waals surface area contributed by atoms with Crippen LogP contribution in [0.15, 0.2) is 48.8 Å². The van der Waals surface area contributed by atoms with E-state index in [1.165, 1.54) is 0 Å². The summed E-state index contributed by atoms with van der Waals surface area (Å²) in [6.45, 7) is 1.40. The van der Waals surface area contributed by atoms with Gasteiger partial charge in [0.15, 0.2) is 5.82 Å². The zero-order chi connectivity index (χ0) is 19.1. The summed E-state index contributed by atoms with van der Waals surface area (Å²) in [5.74, 6) is 2.90. The van der Waals surface area contributed by atoms with Crippen LogP contribution in [0.4, 0.5) is 0 Å². The summed E-state index contributed by atoms with van der Waals surface area (Å²) < 4.78 is 7.62. The molecule has 0 saturated carbocycles.